The molecule has 0 saturated carbocycles. The first-order valence-electron chi connectivity index (χ1n) is 12.1. The summed E-state index contributed by atoms with van der Waals surface area (Å²) in [5.41, 5.74) is 2.10. The lowest BCUT2D eigenvalue weighted by atomic mass is 10.1. The first kappa shape index (κ1) is 25.8. The Morgan fingerprint density at radius 3 is 2.51 bits per heavy atom. The fourth-order valence-electron chi connectivity index (χ4n) is 4.61. The highest BCUT2D eigenvalue weighted by atomic mass is 35.5. The van der Waals surface area contributed by atoms with Crippen LogP contribution >= 0.6 is 22.9 Å². The van der Waals surface area contributed by atoms with Gasteiger partial charge in [-0.15, -0.1) is 11.3 Å². The van der Waals surface area contributed by atoms with E-state index in [2.05, 4.69) is 15.3 Å². The van der Waals surface area contributed by atoms with Crippen LogP contribution in [-0.4, -0.2) is 51.2 Å². The lowest BCUT2D eigenvalue weighted by Gasteiger charge is -2.31. The van der Waals surface area contributed by atoms with Gasteiger partial charge in [-0.2, -0.15) is 4.31 Å². The lowest BCUT2D eigenvalue weighted by Crippen LogP contribution is -2.42. The number of rotatable bonds is 6. The zero-order valence-corrected chi connectivity index (χ0v) is 22.6. The van der Waals surface area contributed by atoms with E-state index in [4.69, 9.17) is 16.6 Å². The predicted octanol–water partition coefficient (Wildman–Crippen LogP) is 5.72. The van der Waals surface area contributed by atoms with Gasteiger partial charge in [-0.3, -0.25) is 4.40 Å². The molecule has 6 rings (SSSR count). The van der Waals surface area contributed by atoms with Crippen LogP contribution in [0.4, 0.5) is 14.7 Å². The van der Waals surface area contributed by atoms with Gasteiger partial charge in [-0.25, -0.2) is 32.2 Å². The highest BCUT2D eigenvalue weighted by molar-refractivity contribution is 7.89. The molecule has 0 unspecified atom stereocenters. The second kappa shape index (κ2) is 10.3. The summed E-state index contributed by atoms with van der Waals surface area (Å²) in [7, 11) is -3.61. The van der Waals surface area contributed by atoms with Crippen molar-refractivity contribution >= 4 is 43.9 Å². The molecule has 0 radical (unpaired) electrons. The molecule has 0 amide bonds. The first-order chi connectivity index (χ1) is 18.8. The van der Waals surface area contributed by atoms with Gasteiger partial charge >= 0.3 is 0 Å². The molecule has 1 saturated heterocycles. The summed E-state index contributed by atoms with van der Waals surface area (Å²) in [4.78, 5) is 14.6. The predicted molar refractivity (Wildman–Crippen MR) is 146 cm³/mol. The van der Waals surface area contributed by atoms with Gasteiger partial charge in [0, 0.05) is 47.5 Å². The molecule has 1 aliphatic rings. The summed E-state index contributed by atoms with van der Waals surface area (Å²) >= 11 is 7.32. The Labute approximate surface area is 232 Å². The average Bonchev–Trinajstić information content (AvgIpc) is 3.53. The number of sulfonamides is 1. The minimum Gasteiger partial charge on any atom is -0.351 e. The van der Waals surface area contributed by atoms with Crippen molar-refractivity contribution in [1.82, 2.24) is 23.7 Å². The van der Waals surface area contributed by atoms with Crippen LogP contribution in [0.25, 0.3) is 27.6 Å². The quantitative estimate of drug-likeness (QED) is 0.274. The first-order valence-corrected chi connectivity index (χ1v) is 14.8. The fourth-order valence-corrected chi connectivity index (χ4v) is 6.92. The molecule has 8 nitrogen and oxygen atoms in total. The lowest BCUT2D eigenvalue weighted by molar-refractivity contribution is 0.329. The summed E-state index contributed by atoms with van der Waals surface area (Å²) in [6.07, 6.45) is 4.60. The van der Waals surface area contributed by atoms with Crippen molar-refractivity contribution < 1.29 is 17.2 Å². The number of fused-ring (bicyclic) bond motifs is 1. The number of anilines is 1. The van der Waals surface area contributed by atoms with E-state index in [1.807, 2.05) is 16.0 Å². The van der Waals surface area contributed by atoms with Gasteiger partial charge in [0.2, 0.25) is 16.0 Å². The zero-order chi connectivity index (χ0) is 27.1. The van der Waals surface area contributed by atoms with Crippen molar-refractivity contribution in [2.24, 2.45) is 0 Å². The van der Waals surface area contributed by atoms with Crippen LogP contribution in [0.5, 0.6) is 0 Å². The second-order valence-corrected chi connectivity index (χ2v) is 12.3. The van der Waals surface area contributed by atoms with E-state index < -0.39 is 21.7 Å². The van der Waals surface area contributed by atoms with E-state index in [-0.39, 0.29) is 10.9 Å². The van der Waals surface area contributed by atoms with Crippen LogP contribution < -0.4 is 5.32 Å². The topological polar surface area (TPSA) is 92.5 Å². The monoisotopic (exact) mass is 586 g/mol. The second-order valence-electron chi connectivity index (χ2n) is 9.04. The number of imidazole rings is 1. The number of aromatic nitrogens is 4. The van der Waals surface area contributed by atoms with Gasteiger partial charge in [0.05, 0.1) is 16.3 Å². The molecule has 4 heterocycles. The van der Waals surface area contributed by atoms with Crippen LogP contribution in [0, 0.1) is 11.6 Å². The molecular formula is C26H21ClF2N6O2S2. The summed E-state index contributed by atoms with van der Waals surface area (Å²) in [5, 5.41) is 5.68. The number of benzene rings is 2. The van der Waals surface area contributed by atoms with Gasteiger partial charge in [0.15, 0.2) is 16.6 Å². The van der Waals surface area contributed by atoms with Crippen LogP contribution in [0.2, 0.25) is 5.02 Å². The van der Waals surface area contributed by atoms with Crippen molar-refractivity contribution in [2.75, 3.05) is 18.4 Å². The number of halogens is 3. The minimum atomic E-state index is -3.61. The number of hydrogen-bond donors (Lipinski definition) is 1. The minimum absolute atomic E-state index is 0.0332. The van der Waals surface area contributed by atoms with Gasteiger partial charge in [0.25, 0.3) is 0 Å². The maximum absolute atomic E-state index is 14.0. The summed E-state index contributed by atoms with van der Waals surface area (Å²) < 4.78 is 56.9. The Balaban J connectivity index is 1.22. The largest absolute Gasteiger partial charge is 0.351 e. The molecule has 2 aromatic carbocycles. The molecule has 13 heteroatoms. The smallest absolute Gasteiger partial charge is 0.243 e. The molecule has 1 fully saturated rings. The summed E-state index contributed by atoms with van der Waals surface area (Å²) in [5.74, 6) is -1.50. The number of thiazole rings is 1. The summed E-state index contributed by atoms with van der Waals surface area (Å²) in [6, 6.07) is 11.5. The Morgan fingerprint density at radius 1 is 1.00 bits per heavy atom. The molecule has 0 spiro atoms. The fraction of sp³-hybridized carbons (Fsp3) is 0.192. The molecule has 5 aromatic rings. The van der Waals surface area contributed by atoms with Gasteiger partial charge < -0.3 is 5.32 Å². The molecule has 200 valence electrons. The van der Waals surface area contributed by atoms with E-state index >= 15 is 0 Å². The highest BCUT2D eigenvalue weighted by Crippen LogP contribution is 2.34. The Bertz CT molecular complexity index is 1770. The maximum atomic E-state index is 14.0. The maximum Gasteiger partial charge on any atom is 0.243 e. The molecule has 0 aliphatic carbocycles. The molecule has 3 aromatic heterocycles. The van der Waals surface area contributed by atoms with Gasteiger partial charge in [-0.1, -0.05) is 11.6 Å². The number of piperidine rings is 1. The van der Waals surface area contributed by atoms with Crippen LogP contribution in [0.15, 0.2) is 71.2 Å². The van der Waals surface area contributed by atoms with Crippen LogP contribution in [0.3, 0.4) is 0 Å². The molecule has 0 atom stereocenters. The average molecular weight is 587 g/mol. The Morgan fingerprint density at radius 2 is 1.77 bits per heavy atom. The SMILES string of the molecule is O=S(=O)(c1ccc(Cl)cc1)N1CCC(Nc2nccc(-c3c(-c4ccc(F)c(F)c4)nc4sccn34)n2)CC1. The van der Waals surface area contributed by atoms with E-state index in [0.717, 1.165) is 12.1 Å². The molecular weight excluding hydrogens is 566 g/mol. The van der Waals surface area contributed by atoms with Crippen molar-refractivity contribution in [3.05, 3.63) is 83.0 Å². The normalized spacial score (nSPS) is 15.2. The zero-order valence-electron chi connectivity index (χ0n) is 20.3. The molecule has 1 N–H and O–H groups in total. The Kier molecular flexibility index (Phi) is 6.79. The number of nitrogens with one attached hydrogen (secondary N) is 1. The number of nitrogens with zero attached hydrogens (tertiary/aromatic N) is 5. The standard InChI is InChI=1S/C26H21ClF2N6O2S2/c27-17-2-4-19(5-3-17)39(36,37)34-11-8-18(9-12-34)31-25-30-10-7-22(32-25)24-23(33-26-35(24)13-14-38-26)16-1-6-20(28)21(29)15-16/h1-7,10,13-15,18H,8-9,11-12H2,(H,30,31,32). The molecule has 1 aliphatic heterocycles. The van der Waals surface area contributed by atoms with Gasteiger partial charge in [-0.05, 0) is 61.4 Å². The summed E-state index contributed by atoms with van der Waals surface area (Å²) in [6.45, 7) is 0.696. The van der Waals surface area contributed by atoms with Crippen molar-refractivity contribution in [3.8, 4) is 22.6 Å². The third kappa shape index (κ3) is 5.00. The van der Waals surface area contributed by atoms with Crippen molar-refractivity contribution in [3.63, 3.8) is 0 Å². The van der Waals surface area contributed by atoms with Crippen LogP contribution in [-0.2, 0) is 10.0 Å². The van der Waals surface area contributed by atoms with E-state index in [0.29, 0.717) is 64.5 Å². The van der Waals surface area contributed by atoms with Crippen LogP contribution in [0.1, 0.15) is 12.8 Å². The van der Waals surface area contributed by atoms with Crippen molar-refractivity contribution in [1.29, 1.82) is 0 Å². The van der Waals surface area contributed by atoms with E-state index in [9.17, 15) is 17.2 Å². The van der Waals surface area contributed by atoms with Gasteiger partial charge in [0.1, 0.15) is 5.69 Å². The highest BCUT2D eigenvalue weighted by Gasteiger charge is 2.30. The molecule has 0 bridgehead atoms. The number of hydrogen-bond acceptors (Lipinski definition) is 7. The van der Waals surface area contributed by atoms with E-state index in [1.54, 1.807) is 24.4 Å². The van der Waals surface area contributed by atoms with E-state index in [1.165, 1.54) is 33.8 Å². The Hall–Kier alpha value is -3.45. The third-order valence-corrected chi connectivity index (χ3v) is 9.51. The molecule has 39 heavy (non-hydrogen) atoms. The van der Waals surface area contributed by atoms with Crippen molar-refractivity contribution in [2.45, 2.75) is 23.8 Å². The third-order valence-electron chi connectivity index (χ3n) is 6.59.